The fraction of sp³-hybridized carbons (Fsp3) is 0.500. The molecule has 0 aliphatic carbocycles. The van der Waals surface area contributed by atoms with E-state index in [2.05, 4.69) is 0 Å². The molecule has 0 aromatic carbocycles. The van der Waals surface area contributed by atoms with Crippen molar-refractivity contribution in [1.29, 1.82) is 0 Å². The average molecular weight is 237 g/mol. The summed E-state index contributed by atoms with van der Waals surface area (Å²) in [6, 6.07) is 1.46. The van der Waals surface area contributed by atoms with Gasteiger partial charge in [-0.15, -0.1) is 0 Å². The quantitative estimate of drug-likeness (QED) is 0.267. The lowest BCUT2D eigenvalue weighted by Gasteiger charge is -1.90. The Labute approximate surface area is 86.6 Å². The Bertz CT molecular complexity index is 441. The van der Waals surface area contributed by atoms with E-state index in [1.165, 1.54) is 10.7 Å². The number of nitro groups is 1. The van der Waals surface area contributed by atoms with E-state index in [1.54, 1.807) is 25.0 Å². The molecule has 8 nitrogen and oxygen atoms in total. The molecule has 0 radical (unpaired) electrons. The molecule has 0 spiro atoms. The normalized spacial score (nSPS) is 10.4. The van der Waals surface area contributed by atoms with Crippen molar-refractivity contribution >= 4 is 15.9 Å². The molecule has 86 valence electrons. The second-order valence-corrected chi connectivity index (χ2v) is 4.14. The first kappa shape index (κ1) is 13.5. The van der Waals surface area contributed by atoms with Crippen molar-refractivity contribution in [3.05, 3.63) is 22.4 Å². The number of nitrogens with zero attached hydrogens (tertiary/aromatic N) is 3. The van der Waals surface area contributed by atoms with Gasteiger partial charge in [0.2, 0.25) is 6.20 Å². The van der Waals surface area contributed by atoms with Crippen molar-refractivity contribution in [2.45, 2.75) is 0 Å². The maximum Gasteiger partial charge on any atom is 0.381 e. The molecule has 0 atom stereocenters. The van der Waals surface area contributed by atoms with E-state index in [0.29, 0.717) is 6.26 Å². The van der Waals surface area contributed by atoms with E-state index in [1.807, 2.05) is 0 Å². The van der Waals surface area contributed by atoms with Gasteiger partial charge in [0.15, 0.2) is 7.05 Å². The van der Waals surface area contributed by atoms with Crippen LogP contribution in [0.4, 0.5) is 5.82 Å². The Kier molecular flexibility index (Phi) is 4.37. The molecule has 0 bridgehead atoms. The highest BCUT2D eigenvalue weighted by Crippen LogP contribution is 2.03. The van der Waals surface area contributed by atoms with Gasteiger partial charge in [-0.1, -0.05) is 0 Å². The van der Waals surface area contributed by atoms with Crippen molar-refractivity contribution in [1.82, 2.24) is 4.68 Å². The average Bonchev–Trinajstić information content (AvgIpc) is 2.29. The predicted octanol–water partition coefficient (Wildman–Crippen LogP) is -1.08. The standard InChI is InChI=1S/C5H8N3O2.CH4O3S/c1-6-4-3-5(7(6)2)8(9)10;1-5(2,3)4/h3-4H,1-2H3;1H3,(H,2,3,4)/q+1;/p-1. The fourth-order valence-corrected chi connectivity index (χ4v) is 0.723. The van der Waals surface area contributed by atoms with Crippen LogP contribution in [-0.2, 0) is 24.2 Å². The van der Waals surface area contributed by atoms with Crippen molar-refractivity contribution in [3.63, 3.8) is 0 Å². The minimum absolute atomic E-state index is 0.0995. The predicted molar refractivity (Wildman–Crippen MR) is 48.9 cm³/mol. The SMILES string of the molecule is CS(=O)(=O)[O-].Cn1c([N+](=O)[O-])cc[n+]1C. The molecule has 1 aromatic heterocycles. The first-order chi connectivity index (χ1) is 6.63. The Morgan fingerprint density at radius 1 is 1.53 bits per heavy atom. The van der Waals surface area contributed by atoms with Crippen LogP contribution in [0.5, 0.6) is 0 Å². The summed E-state index contributed by atoms with van der Waals surface area (Å²) in [6.07, 6.45) is 2.24. The summed E-state index contributed by atoms with van der Waals surface area (Å²) in [6.45, 7) is 0. The van der Waals surface area contributed by atoms with Gasteiger partial charge in [0.25, 0.3) is 0 Å². The topological polar surface area (TPSA) is 109 Å². The lowest BCUT2D eigenvalue weighted by atomic mass is 10.6. The summed E-state index contributed by atoms with van der Waals surface area (Å²) < 4.78 is 30.3. The summed E-state index contributed by atoms with van der Waals surface area (Å²) >= 11 is 0. The highest BCUT2D eigenvalue weighted by molar-refractivity contribution is 7.84. The number of hydrogen-bond acceptors (Lipinski definition) is 5. The van der Waals surface area contributed by atoms with E-state index in [0.717, 1.165) is 0 Å². The van der Waals surface area contributed by atoms with E-state index >= 15 is 0 Å². The zero-order valence-electron chi connectivity index (χ0n) is 8.45. The fourth-order valence-electron chi connectivity index (χ4n) is 0.723. The van der Waals surface area contributed by atoms with Gasteiger partial charge in [0, 0.05) is 6.26 Å². The zero-order chi connectivity index (χ0) is 12.2. The van der Waals surface area contributed by atoms with Crippen molar-refractivity contribution in [3.8, 4) is 0 Å². The van der Waals surface area contributed by atoms with Crippen LogP contribution >= 0.6 is 0 Å². The molecule has 1 heterocycles. The maximum atomic E-state index is 10.2. The Morgan fingerprint density at radius 2 is 1.93 bits per heavy atom. The minimum Gasteiger partial charge on any atom is -0.748 e. The van der Waals surface area contributed by atoms with Crippen molar-refractivity contribution < 1.29 is 22.6 Å². The molecule has 0 amide bonds. The summed E-state index contributed by atoms with van der Waals surface area (Å²) in [5.74, 6) is 0.0995. The van der Waals surface area contributed by atoms with Crippen LogP contribution in [0.1, 0.15) is 0 Å². The van der Waals surface area contributed by atoms with Gasteiger partial charge in [-0.25, -0.2) is 8.42 Å². The van der Waals surface area contributed by atoms with E-state index in [-0.39, 0.29) is 5.82 Å². The second kappa shape index (κ2) is 4.84. The summed E-state index contributed by atoms with van der Waals surface area (Å²) in [4.78, 5) is 9.79. The second-order valence-electron chi connectivity index (χ2n) is 2.73. The van der Waals surface area contributed by atoms with Gasteiger partial charge in [-0.2, -0.15) is 0 Å². The van der Waals surface area contributed by atoms with Crippen LogP contribution in [0.25, 0.3) is 0 Å². The zero-order valence-corrected chi connectivity index (χ0v) is 9.26. The van der Waals surface area contributed by atoms with Crippen molar-refractivity contribution in [2.75, 3.05) is 6.26 Å². The first-order valence-electron chi connectivity index (χ1n) is 3.70. The molecule has 1 aromatic rings. The van der Waals surface area contributed by atoms with Gasteiger partial charge in [-0.05, 0) is 14.3 Å². The molecule has 0 aliphatic heterocycles. The molecule has 9 heteroatoms. The minimum atomic E-state index is -3.92. The Morgan fingerprint density at radius 3 is 2.07 bits per heavy atom. The highest BCUT2D eigenvalue weighted by atomic mass is 32.2. The van der Waals surface area contributed by atoms with E-state index < -0.39 is 15.0 Å². The smallest absolute Gasteiger partial charge is 0.381 e. The van der Waals surface area contributed by atoms with Gasteiger partial charge in [0.05, 0.1) is 10.1 Å². The number of aromatic nitrogens is 2. The Hall–Kier alpha value is -1.48. The molecular formula is C6H11N3O5S. The van der Waals surface area contributed by atoms with E-state index in [9.17, 15) is 10.1 Å². The monoisotopic (exact) mass is 237 g/mol. The molecular weight excluding hydrogens is 226 g/mol. The van der Waals surface area contributed by atoms with Gasteiger partial charge < -0.3 is 14.7 Å². The number of rotatable bonds is 1. The molecule has 0 fully saturated rings. The van der Waals surface area contributed by atoms with Crippen molar-refractivity contribution in [2.24, 2.45) is 14.1 Å². The molecule has 0 saturated heterocycles. The van der Waals surface area contributed by atoms with Crippen LogP contribution in [-0.4, -0.2) is 28.8 Å². The third-order valence-electron chi connectivity index (χ3n) is 1.43. The van der Waals surface area contributed by atoms with Crippen LogP contribution in [0.3, 0.4) is 0 Å². The third-order valence-corrected chi connectivity index (χ3v) is 1.43. The van der Waals surface area contributed by atoms with Gasteiger partial charge in [-0.3, -0.25) is 0 Å². The lowest BCUT2D eigenvalue weighted by molar-refractivity contribution is -0.754. The number of hydrogen-bond donors (Lipinski definition) is 0. The summed E-state index contributed by atoms with van der Waals surface area (Å²) in [5, 5.41) is 10.2. The molecule has 0 N–H and O–H groups in total. The maximum absolute atomic E-state index is 10.2. The van der Waals surface area contributed by atoms with Crippen LogP contribution < -0.4 is 4.68 Å². The van der Waals surface area contributed by atoms with Gasteiger partial charge in [0.1, 0.15) is 13.1 Å². The molecule has 0 aliphatic rings. The molecule has 0 saturated carbocycles. The summed E-state index contributed by atoms with van der Waals surface area (Å²) in [5.41, 5.74) is 0. The molecule has 0 unspecified atom stereocenters. The first-order valence-corrected chi connectivity index (χ1v) is 5.51. The lowest BCUT2D eigenvalue weighted by Crippen LogP contribution is -2.36. The largest absolute Gasteiger partial charge is 0.748 e. The molecule has 1 rings (SSSR count). The van der Waals surface area contributed by atoms with E-state index in [4.69, 9.17) is 13.0 Å². The van der Waals surface area contributed by atoms with Gasteiger partial charge >= 0.3 is 5.82 Å². The van der Waals surface area contributed by atoms with Crippen LogP contribution in [0.2, 0.25) is 0 Å². The highest BCUT2D eigenvalue weighted by Gasteiger charge is 2.16. The third kappa shape index (κ3) is 5.75. The Balaban J connectivity index is 0.000000336. The van der Waals surface area contributed by atoms with Crippen LogP contribution in [0, 0.1) is 10.1 Å². The summed E-state index contributed by atoms with van der Waals surface area (Å²) in [7, 11) is -0.537. The number of aryl methyl sites for hydroxylation is 1. The molecule has 15 heavy (non-hydrogen) atoms. The van der Waals surface area contributed by atoms with Crippen LogP contribution in [0.15, 0.2) is 12.3 Å².